The van der Waals surface area contributed by atoms with Crippen LogP contribution >= 0.6 is 11.8 Å². The second kappa shape index (κ2) is 4.53. The first-order valence-corrected chi connectivity index (χ1v) is 5.15. The standard InChI is InChI=1S/C5H8O4S2/c1-3-5(6)10-4-11(7,8)9-2/h3H,1,4H2,2H3. The maximum absolute atomic E-state index is 10.6. The predicted octanol–water partition coefficient (Wildman–Crippen LogP) is 0.366. The van der Waals surface area contributed by atoms with Crippen molar-refractivity contribution >= 4 is 27.0 Å². The topological polar surface area (TPSA) is 60.4 Å². The Labute approximate surface area is 69.7 Å². The highest BCUT2D eigenvalue weighted by Gasteiger charge is 2.10. The molecule has 0 amide bonds. The molecule has 0 atom stereocenters. The molecule has 0 aliphatic heterocycles. The van der Waals surface area contributed by atoms with Gasteiger partial charge in [-0.2, -0.15) is 8.42 Å². The molecule has 64 valence electrons. The molecule has 0 fully saturated rings. The first-order valence-electron chi connectivity index (χ1n) is 2.59. The molecule has 0 unspecified atom stereocenters. The van der Waals surface area contributed by atoms with Gasteiger partial charge in [-0.3, -0.25) is 8.98 Å². The van der Waals surface area contributed by atoms with Crippen LogP contribution in [-0.2, 0) is 19.1 Å². The van der Waals surface area contributed by atoms with E-state index in [1.807, 2.05) is 0 Å². The highest BCUT2D eigenvalue weighted by molar-refractivity contribution is 8.21. The molecular formula is C5H8O4S2. The van der Waals surface area contributed by atoms with E-state index in [9.17, 15) is 13.2 Å². The van der Waals surface area contributed by atoms with Crippen molar-refractivity contribution < 1.29 is 17.4 Å². The summed E-state index contributed by atoms with van der Waals surface area (Å²) in [5, 5.41) is -0.750. The summed E-state index contributed by atoms with van der Waals surface area (Å²) in [6.07, 6.45) is 1.05. The van der Waals surface area contributed by atoms with Crippen molar-refractivity contribution in [3.05, 3.63) is 12.7 Å². The van der Waals surface area contributed by atoms with E-state index in [1.54, 1.807) is 0 Å². The molecule has 4 nitrogen and oxygen atoms in total. The van der Waals surface area contributed by atoms with Gasteiger partial charge in [0.2, 0.25) is 5.12 Å². The summed E-state index contributed by atoms with van der Waals surface area (Å²) in [4.78, 5) is 10.5. The summed E-state index contributed by atoms with van der Waals surface area (Å²) in [6.45, 7) is 3.18. The van der Waals surface area contributed by atoms with Crippen LogP contribution in [0.1, 0.15) is 0 Å². The Bertz CT molecular complexity index is 241. The molecule has 11 heavy (non-hydrogen) atoms. The molecule has 0 aromatic rings. The minimum absolute atomic E-state index is 0.367. The van der Waals surface area contributed by atoms with Gasteiger partial charge < -0.3 is 0 Å². The average Bonchev–Trinajstić information content (AvgIpc) is 2.00. The highest BCUT2D eigenvalue weighted by atomic mass is 32.3. The van der Waals surface area contributed by atoms with Crippen molar-refractivity contribution in [2.45, 2.75) is 0 Å². The Morgan fingerprint density at radius 3 is 2.64 bits per heavy atom. The van der Waals surface area contributed by atoms with E-state index >= 15 is 0 Å². The van der Waals surface area contributed by atoms with E-state index in [2.05, 4.69) is 10.8 Å². The lowest BCUT2D eigenvalue weighted by Crippen LogP contribution is -2.06. The zero-order valence-corrected chi connectivity index (χ0v) is 7.57. The van der Waals surface area contributed by atoms with Gasteiger partial charge in [-0.1, -0.05) is 18.3 Å². The van der Waals surface area contributed by atoms with E-state index in [-0.39, 0.29) is 10.2 Å². The maximum atomic E-state index is 10.6. The molecule has 0 aromatic carbocycles. The predicted molar refractivity (Wildman–Crippen MR) is 43.6 cm³/mol. The van der Waals surface area contributed by atoms with Crippen LogP contribution in [0.2, 0.25) is 0 Å². The third kappa shape index (κ3) is 5.00. The fraction of sp³-hybridized carbons (Fsp3) is 0.400. The van der Waals surface area contributed by atoms with Gasteiger partial charge in [0.15, 0.2) is 0 Å². The highest BCUT2D eigenvalue weighted by Crippen LogP contribution is 2.07. The first kappa shape index (κ1) is 10.7. The Hall–Kier alpha value is -0.330. The quantitative estimate of drug-likeness (QED) is 0.480. The molecule has 0 bridgehead atoms. The van der Waals surface area contributed by atoms with Crippen molar-refractivity contribution in [3.63, 3.8) is 0 Å². The maximum Gasteiger partial charge on any atom is 0.276 e. The zero-order valence-electron chi connectivity index (χ0n) is 5.94. The van der Waals surface area contributed by atoms with E-state index in [4.69, 9.17) is 0 Å². The molecule has 0 spiro atoms. The van der Waals surface area contributed by atoms with E-state index < -0.39 is 10.1 Å². The minimum atomic E-state index is -3.53. The molecule has 0 N–H and O–H groups in total. The normalized spacial score (nSPS) is 11.0. The summed E-state index contributed by atoms with van der Waals surface area (Å²) in [5.41, 5.74) is 0. The van der Waals surface area contributed by atoms with Crippen molar-refractivity contribution in [2.24, 2.45) is 0 Å². The number of hydrogen-bond acceptors (Lipinski definition) is 5. The second-order valence-electron chi connectivity index (χ2n) is 1.51. The molecule has 0 aliphatic rings. The average molecular weight is 196 g/mol. The van der Waals surface area contributed by atoms with Crippen LogP contribution in [-0.4, -0.2) is 25.7 Å². The third-order valence-corrected chi connectivity index (χ3v) is 3.35. The number of carbonyl (C=O) groups is 1. The van der Waals surface area contributed by atoms with Gasteiger partial charge in [-0.25, -0.2) is 0 Å². The minimum Gasteiger partial charge on any atom is -0.282 e. The Morgan fingerprint density at radius 2 is 2.27 bits per heavy atom. The van der Waals surface area contributed by atoms with Crippen molar-refractivity contribution in [2.75, 3.05) is 12.2 Å². The van der Waals surface area contributed by atoms with Gasteiger partial charge in [-0.05, 0) is 6.08 Å². The summed E-state index contributed by atoms with van der Waals surface area (Å²) >= 11 is 0.638. The number of thioether (sulfide) groups is 1. The first-order chi connectivity index (χ1) is 5.02. The summed E-state index contributed by atoms with van der Waals surface area (Å²) in [6, 6.07) is 0. The van der Waals surface area contributed by atoms with Crippen LogP contribution in [0.3, 0.4) is 0 Å². The van der Waals surface area contributed by atoms with E-state index in [1.165, 1.54) is 0 Å². The number of rotatable bonds is 4. The molecule has 0 aliphatic carbocycles. The summed E-state index contributed by atoms with van der Waals surface area (Å²) in [5.74, 6) is 0. The molecule has 0 heterocycles. The SMILES string of the molecule is C=CC(=O)SCS(=O)(=O)OC. The zero-order chi connectivity index (χ0) is 8.91. The fourth-order valence-corrected chi connectivity index (χ4v) is 1.78. The molecule has 6 heteroatoms. The lowest BCUT2D eigenvalue weighted by Gasteiger charge is -1.96. The number of carbonyl (C=O) groups excluding carboxylic acids is 1. The van der Waals surface area contributed by atoms with E-state index in [0.717, 1.165) is 13.2 Å². The monoisotopic (exact) mass is 196 g/mol. The molecule has 0 aromatic heterocycles. The Morgan fingerprint density at radius 1 is 1.73 bits per heavy atom. The van der Waals surface area contributed by atoms with Gasteiger partial charge in [-0.15, -0.1) is 0 Å². The van der Waals surface area contributed by atoms with Gasteiger partial charge >= 0.3 is 0 Å². The largest absolute Gasteiger partial charge is 0.282 e. The van der Waals surface area contributed by atoms with Crippen LogP contribution in [0.4, 0.5) is 0 Å². The third-order valence-electron chi connectivity index (χ3n) is 0.766. The van der Waals surface area contributed by atoms with Gasteiger partial charge in [0, 0.05) is 0 Å². The Balaban J connectivity index is 3.90. The summed E-state index contributed by atoms with van der Waals surface area (Å²) < 4.78 is 25.3. The van der Waals surface area contributed by atoms with Crippen LogP contribution in [0, 0.1) is 0 Å². The van der Waals surface area contributed by atoms with Crippen LogP contribution < -0.4 is 0 Å². The van der Waals surface area contributed by atoms with Crippen molar-refractivity contribution in [1.29, 1.82) is 0 Å². The van der Waals surface area contributed by atoms with Crippen LogP contribution in [0.25, 0.3) is 0 Å². The molecule has 0 radical (unpaired) electrons. The molecule has 0 saturated heterocycles. The van der Waals surface area contributed by atoms with E-state index in [0.29, 0.717) is 11.8 Å². The second-order valence-corrected chi connectivity index (χ2v) is 4.59. The lowest BCUT2D eigenvalue weighted by molar-refractivity contribution is -0.107. The van der Waals surface area contributed by atoms with Crippen LogP contribution in [0.5, 0.6) is 0 Å². The number of hydrogen-bond donors (Lipinski definition) is 0. The van der Waals surface area contributed by atoms with Gasteiger partial charge in [0.25, 0.3) is 10.1 Å². The molecular weight excluding hydrogens is 188 g/mol. The smallest absolute Gasteiger partial charge is 0.276 e. The summed E-state index contributed by atoms with van der Waals surface area (Å²) in [7, 11) is -2.48. The van der Waals surface area contributed by atoms with Crippen molar-refractivity contribution in [1.82, 2.24) is 0 Å². The van der Waals surface area contributed by atoms with Gasteiger partial charge in [0.1, 0.15) is 5.08 Å². The fourth-order valence-electron chi connectivity index (χ4n) is 0.237. The Kier molecular flexibility index (Phi) is 4.39. The molecule has 0 rings (SSSR count). The van der Waals surface area contributed by atoms with Crippen LogP contribution in [0.15, 0.2) is 12.7 Å². The lowest BCUT2D eigenvalue weighted by atomic mass is 10.7. The molecule has 0 saturated carbocycles. The van der Waals surface area contributed by atoms with Gasteiger partial charge in [0.05, 0.1) is 7.11 Å². The van der Waals surface area contributed by atoms with Crippen molar-refractivity contribution in [3.8, 4) is 0 Å².